The smallest absolute Gasteiger partial charge is 0.252 e. The lowest BCUT2D eigenvalue weighted by atomic mass is 9.34. The summed E-state index contributed by atoms with van der Waals surface area (Å²) in [6.45, 7) is 2.42. The van der Waals surface area contributed by atoms with Gasteiger partial charge in [-0.3, -0.25) is 0 Å². The summed E-state index contributed by atoms with van der Waals surface area (Å²) in [4.78, 5) is 0. The molecule has 0 saturated carbocycles. The summed E-state index contributed by atoms with van der Waals surface area (Å²) in [5.41, 5.74) is 13.5. The fourth-order valence-corrected chi connectivity index (χ4v) is 6.92. The second-order valence-electron chi connectivity index (χ2n) is 9.84. The van der Waals surface area contributed by atoms with Gasteiger partial charge in [0, 0.05) is 44.0 Å². The summed E-state index contributed by atoms with van der Waals surface area (Å²) in [6.07, 6.45) is 0. The fraction of sp³-hybridized carbons (Fsp3) is 0.0323. The normalized spacial score (nSPS) is 13.4. The van der Waals surface area contributed by atoms with Gasteiger partial charge in [-0.1, -0.05) is 72.8 Å². The Morgan fingerprint density at radius 3 is 1.85 bits per heavy atom. The van der Waals surface area contributed by atoms with Crippen molar-refractivity contribution < 1.29 is 0 Å². The monoisotopic (exact) mass is 430 g/mol. The van der Waals surface area contributed by atoms with Gasteiger partial charge in [0.1, 0.15) is 0 Å². The molecule has 3 heteroatoms. The van der Waals surface area contributed by atoms with Gasteiger partial charge in [-0.25, -0.2) is 0 Å². The van der Waals surface area contributed by atoms with Gasteiger partial charge < -0.3 is 9.13 Å². The molecule has 7 aromatic rings. The third-order valence-electron chi connectivity index (χ3n) is 8.15. The van der Waals surface area contributed by atoms with E-state index in [1.165, 1.54) is 76.9 Å². The number of aryl methyl sites for hydroxylation is 1. The molecule has 0 amide bonds. The van der Waals surface area contributed by atoms with E-state index in [4.69, 9.17) is 0 Å². The van der Waals surface area contributed by atoms with Crippen LogP contribution in [0, 0.1) is 6.92 Å². The molecule has 0 unspecified atom stereocenters. The average molecular weight is 430 g/mol. The largest absolute Gasteiger partial charge is 0.310 e. The second kappa shape index (κ2) is 5.63. The van der Waals surface area contributed by atoms with Crippen molar-refractivity contribution in [2.45, 2.75) is 6.92 Å². The summed E-state index contributed by atoms with van der Waals surface area (Å²) in [7, 11) is 0. The SMILES string of the molecule is Cc1ccc2c3cccc4c3n(c2c1)-c1cccc2c1B4c1cccc3c4ccccc4n-2c13. The molecular weight excluding hydrogens is 411 g/mol. The quantitative estimate of drug-likeness (QED) is 0.288. The predicted molar refractivity (Wildman–Crippen MR) is 145 cm³/mol. The number of hydrogen-bond donors (Lipinski definition) is 0. The van der Waals surface area contributed by atoms with Gasteiger partial charge in [-0.05, 0) is 53.1 Å². The van der Waals surface area contributed by atoms with Crippen molar-refractivity contribution in [1.29, 1.82) is 0 Å². The number of benzene rings is 5. The molecule has 5 aromatic carbocycles. The molecule has 156 valence electrons. The fourth-order valence-electron chi connectivity index (χ4n) is 6.92. The third-order valence-corrected chi connectivity index (χ3v) is 8.15. The van der Waals surface area contributed by atoms with Crippen LogP contribution in [0.3, 0.4) is 0 Å². The molecule has 9 rings (SSSR count). The number of nitrogens with zero attached hydrogens (tertiary/aromatic N) is 2. The van der Waals surface area contributed by atoms with Gasteiger partial charge in [0.2, 0.25) is 0 Å². The molecule has 4 heterocycles. The van der Waals surface area contributed by atoms with Crippen molar-refractivity contribution in [3.05, 3.63) is 103 Å². The highest BCUT2D eigenvalue weighted by Gasteiger charge is 2.40. The first-order valence-corrected chi connectivity index (χ1v) is 12.0. The summed E-state index contributed by atoms with van der Waals surface area (Å²) in [6, 6.07) is 36.4. The maximum atomic E-state index is 2.53. The molecular formula is C31H19BN2. The summed E-state index contributed by atoms with van der Waals surface area (Å²) >= 11 is 0. The van der Waals surface area contributed by atoms with E-state index < -0.39 is 0 Å². The highest BCUT2D eigenvalue weighted by Crippen LogP contribution is 2.38. The molecule has 0 bridgehead atoms. The molecule has 0 N–H and O–H groups in total. The summed E-state index contributed by atoms with van der Waals surface area (Å²) in [5.74, 6) is 0. The standard InChI is InChI=1S/C31H19BN2/c1-18-15-16-20-22-9-5-11-24-31(22)34(28(20)17-18)27-14-6-13-26-29(27)32(24)23-10-4-8-21-19-7-2-3-12-25(19)33(26)30(21)23/h2-17H,1H3. The van der Waals surface area contributed by atoms with E-state index in [9.17, 15) is 0 Å². The molecule has 0 spiro atoms. The van der Waals surface area contributed by atoms with E-state index in [-0.39, 0.29) is 6.71 Å². The molecule has 0 aliphatic carbocycles. The van der Waals surface area contributed by atoms with Gasteiger partial charge in [-0.15, -0.1) is 0 Å². The third kappa shape index (κ3) is 1.78. The Morgan fingerprint density at radius 2 is 1.12 bits per heavy atom. The Bertz CT molecular complexity index is 2040. The first-order chi connectivity index (χ1) is 16.8. The maximum absolute atomic E-state index is 2.53. The minimum Gasteiger partial charge on any atom is -0.310 e. The van der Waals surface area contributed by atoms with E-state index in [1.807, 2.05) is 0 Å². The number of hydrogen-bond acceptors (Lipinski definition) is 0. The average Bonchev–Trinajstić information content (AvgIpc) is 3.38. The Morgan fingerprint density at radius 1 is 0.529 bits per heavy atom. The Hall–Kier alpha value is -4.24. The molecule has 0 atom stereocenters. The molecule has 2 nitrogen and oxygen atoms in total. The van der Waals surface area contributed by atoms with E-state index in [0.29, 0.717) is 0 Å². The van der Waals surface area contributed by atoms with Crippen molar-refractivity contribution in [2.24, 2.45) is 0 Å². The van der Waals surface area contributed by atoms with Crippen LogP contribution in [-0.4, -0.2) is 15.8 Å². The zero-order valence-corrected chi connectivity index (χ0v) is 18.7. The first kappa shape index (κ1) is 17.3. The lowest BCUT2D eigenvalue weighted by Gasteiger charge is -2.33. The van der Waals surface area contributed by atoms with Crippen molar-refractivity contribution in [3.63, 3.8) is 0 Å². The van der Waals surface area contributed by atoms with Crippen LogP contribution in [0.1, 0.15) is 5.56 Å². The molecule has 0 fully saturated rings. The Kier molecular flexibility index (Phi) is 2.86. The lowest BCUT2D eigenvalue weighted by Crippen LogP contribution is -2.59. The van der Waals surface area contributed by atoms with Crippen LogP contribution >= 0.6 is 0 Å². The number of fused-ring (bicyclic) bond motifs is 10. The molecule has 2 aliphatic heterocycles. The topological polar surface area (TPSA) is 9.86 Å². The van der Waals surface area contributed by atoms with Crippen molar-refractivity contribution in [3.8, 4) is 11.4 Å². The van der Waals surface area contributed by atoms with Crippen LogP contribution < -0.4 is 16.4 Å². The summed E-state index contributed by atoms with van der Waals surface area (Å²) in [5, 5.41) is 5.36. The lowest BCUT2D eigenvalue weighted by molar-refractivity contribution is 1.14. The van der Waals surface area contributed by atoms with E-state index in [2.05, 4.69) is 113 Å². The zero-order valence-electron chi connectivity index (χ0n) is 18.7. The minimum absolute atomic E-state index is 0.230. The van der Waals surface area contributed by atoms with Crippen LogP contribution in [0.2, 0.25) is 0 Å². The van der Waals surface area contributed by atoms with Crippen LogP contribution in [-0.2, 0) is 0 Å². The van der Waals surface area contributed by atoms with Crippen LogP contribution in [0.4, 0.5) is 0 Å². The second-order valence-corrected chi connectivity index (χ2v) is 9.84. The molecule has 2 aromatic heterocycles. The number of rotatable bonds is 0. The van der Waals surface area contributed by atoms with Crippen molar-refractivity contribution in [1.82, 2.24) is 9.13 Å². The van der Waals surface area contributed by atoms with E-state index >= 15 is 0 Å². The first-order valence-electron chi connectivity index (χ1n) is 12.0. The number of aromatic nitrogens is 2. The highest BCUT2D eigenvalue weighted by molar-refractivity contribution is 7.00. The van der Waals surface area contributed by atoms with Gasteiger partial charge in [0.25, 0.3) is 6.71 Å². The molecule has 2 aliphatic rings. The van der Waals surface area contributed by atoms with Gasteiger partial charge >= 0.3 is 0 Å². The molecule has 0 radical (unpaired) electrons. The van der Waals surface area contributed by atoms with E-state index in [0.717, 1.165) is 0 Å². The molecule has 0 saturated heterocycles. The van der Waals surface area contributed by atoms with Gasteiger partial charge in [0.15, 0.2) is 0 Å². The van der Waals surface area contributed by atoms with Gasteiger partial charge in [0.05, 0.1) is 11.0 Å². The summed E-state index contributed by atoms with van der Waals surface area (Å²) < 4.78 is 5.04. The Labute approximate surface area is 196 Å². The van der Waals surface area contributed by atoms with Crippen molar-refractivity contribution in [2.75, 3.05) is 0 Å². The number of para-hydroxylation sites is 3. The van der Waals surface area contributed by atoms with E-state index in [1.54, 1.807) is 0 Å². The minimum atomic E-state index is 0.230. The van der Waals surface area contributed by atoms with Crippen LogP contribution in [0.15, 0.2) is 97.1 Å². The predicted octanol–water partition coefficient (Wildman–Crippen LogP) is 5.33. The highest BCUT2D eigenvalue weighted by atomic mass is 15.0. The Balaban J connectivity index is 1.58. The molecule has 34 heavy (non-hydrogen) atoms. The van der Waals surface area contributed by atoms with Crippen LogP contribution in [0.5, 0.6) is 0 Å². The zero-order chi connectivity index (χ0) is 22.1. The van der Waals surface area contributed by atoms with Crippen molar-refractivity contribution >= 4 is 66.7 Å². The van der Waals surface area contributed by atoms with Gasteiger partial charge in [-0.2, -0.15) is 0 Å². The maximum Gasteiger partial charge on any atom is 0.252 e. The van der Waals surface area contributed by atoms with Crippen LogP contribution in [0.25, 0.3) is 55.0 Å².